The molecule has 1 aromatic heterocycles. The van der Waals surface area contributed by atoms with Crippen molar-refractivity contribution in [2.24, 2.45) is 0 Å². The normalized spacial score (nSPS) is 22.1. The highest BCUT2D eigenvalue weighted by molar-refractivity contribution is 5.69. The van der Waals surface area contributed by atoms with Gasteiger partial charge in [-0.2, -0.15) is 0 Å². The van der Waals surface area contributed by atoms with Gasteiger partial charge < -0.3 is 9.64 Å². The topological polar surface area (TPSA) is 60.3 Å². The molecule has 2 rings (SSSR count). The second kappa shape index (κ2) is 3.04. The molecule has 1 unspecified atom stereocenters. The van der Waals surface area contributed by atoms with Crippen molar-refractivity contribution >= 4 is 6.09 Å². The molecule has 70 valence electrons. The number of carbonyl (C=O) groups excluding carboxylic acids is 1. The van der Waals surface area contributed by atoms with Gasteiger partial charge in [0.1, 0.15) is 6.10 Å². The van der Waals surface area contributed by atoms with E-state index in [2.05, 4.69) is 10.3 Å². The van der Waals surface area contributed by atoms with Gasteiger partial charge >= 0.3 is 6.09 Å². The largest absolute Gasteiger partial charge is 0.442 e. The molecule has 1 aliphatic rings. The van der Waals surface area contributed by atoms with Crippen LogP contribution < -0.4 is 0 Å². The number of ether oxygens (including phenoxy) is 1. The lowest BCUT2D eigenvalue weighted by Crippen LogP contribution is -2.22. The Labute approximate surface area is 75.1 Å². The number of hydrogen-bond donors (Lipinski definition) is 0. The molecule has 1 aliphatic heterocycles. The summed E-state index contributed by atoms with van der Waals surface area (Å²) in [5.41, 5.74) is 0. The second-order valence-electron chi connectivity index (χ2n) is 3.01. The zero-order chi connectivity index (χ0) is 9.26. The summed E-state index contributed by atoms with van der Waals surface area (Å²) in [6.45, 7) is 1.18. The third-order valence-electron chi connectivity index (χ3n) is 1.92. The van der Waals surface area contributed by atoms with E-state index < -0.39 is 0 Å². The number of carbonyl (C=O) groups is 1. The molecule has 0 spiro atoms. The quantitative estimate of drug-likeness (QED) is 0.631. The fraction of sp³-hybridized carbons (Fsp3) is 0.571. The summed E-state index contributed by atoms with van der Waals surface area (Å²) in [5, 5.41) is 7.45. The summed E-state index contributed by atoms with van der Waals surface area (Å²) >= 11 is 0. The van der Waals surface area contributed by atoms with Crippen LogP contribution in [0.25, 0.3) is 0 Å². The van der Waals surface area contributed by atoms with E-state index in [0.717, 1.165) is 0 Å². The van der Waals surface area contributed by atoms with E-state index in [1.807, 2.05) is 0 Å². The molecule has 0 radical (unpaired) electrons. The number of nitrogens with zero attached hydrogens (tertiary/aromatic N) is 4. The van der Waals surface area contributed by atoms with E-state index in [4.69, 9.17) is 4.74 Å². The summed E-state index contributed by atoms with van der Waals surface area (Å²) in [7, 11) is 1.71. The molecule has 6 nitrogen and oxygen atoms in total. The van der Waals surface area contributed by atoms with Gasteiger partial charge in [0, 0.05) is 13.2 Å². The van der Waals surface area contributed by atoms with Crippen LogP contribution in [0.4, 0.5) is 4.79 Å². The molecule has 13 heavy (non-hydrogen) atoms. The van der Waals surface area contributed by atoms with Gasteiger partial charge in [0.05, 0.1) is 19.3 Å². The fourth-order valence-electron chi connectivity index (χ4n) is 1.28. The first-order valence-electron chi connectivity index (χ1n) is 4.01. The van der Waals surface area contributed by atoms with E-state index in [-0.39, 0.29) is 12.2 Å². The molecule has 0 saturated carbocycles. The van der Waals surface area contributed by atoms with E-state index >= 15 is 0 Å². The van der Waals surface area contributed by atoms with Crippen LogP contribution in [0, 0.1) is 0 Å². The van der Waals surface area contributed by atoms with Crippen molar-refractivity contribution in [3.05, 3.63) is 12.4 Å². The highest BCUT2D eigenvalue weighted by Gasteiger charge is 2.28. The lowest BCUT2D eigenvalue weighted by atomic mass is 10.3. The molecule has 0 aromatic carbocycles. The molecular weight excluding hydrogens is 172 g/mol. The number of amides is 1. The fourth-order valence-corrected chi connectivity index (χ4v) is 1.28. The van der Waals surface area contributed by atoms with Crippen LogP contribution in [-0.4, -0.2) is 45.7 Å². The molecule has 1 atom stereocenters. The van der Waals surface area contributed by atoms with Crippen LogP contribution in [0.2, 0.25) is 0 Å². The van der Waals surface area contributed by atoms with Crippen molar-refractivity contribution < 1.29 is 9.53 Å². The molecule has 1 amide bonds. The Balaban J connectivity index is 1.94. The van der Waals surface area contributed by atoms with Crippen LogP contribution in [0.3, 0.4) is 0 Å². The Bertz CT molecular complexity index is 297. The Morgan fingerprint density at radius 3 is 3.15 bits per heavy atom. The van der Waals surface area contributed by atoms with Crippen molar-refractivity contribution in [1.82, 2.24) is 19.9 Å². The van der Waals surface area contributed by atoms with Crippen molar-refractivity contribution in [2.75, 3.05) is 13.6 Å². The highest BCUT2D eigenvalue weighted by atomic mass is 16.6. The molecule has 0 bridgehead atoms. The average molecular weight is 182 g/mol. The first-order chi connectivity index (χ1) is 6.25. The smallest absolute Gasteiger partial charge is 0.410 e. The number of aromatic nitrogens is 3. The Hall–Kier alpha value is -1.59. The summed E-state index contributed by atoms with van der Waals surface area (Å²) in [4.78, 5) is 12.5. The molecule has 1 fully saturated rings. The number of hydrogen-bond acceptors (Lipinski definition) is 4. The maximum absolute atomic E-state index is 11.0. The molecular formula is C7H10N4O2. The number of likely N-dealkylation sites (N-methyl/N-ethyl adjacent to an activating group) is 1. The summed E-state index contributed by atoms with van der Waals surface area (Å²) in [6, 6.07) is 0. The van der Waals surface area contributed by atoms with Crippen molar-refractivity contribution in [3.8, 4) is 0 Å². The monoisotopic (exact) mass is 182 g/mol. The minimum atomic E-state index is -0.273. The SMILES string of the molecule is CN1CC(Cn2ccnn2)OC1=O. The van der Waals surface area contributed by atoms with Gasteiger partial charge in [-0.15, -0.1) is 5.10 Å². The van der Waals surface area contributed by atoms with Crippen LogP contribution in [0.5, 0.6) is 0 Å². The highest BCUT2D eigenvalue weighted by Crippen LogP contribution is 2.09. The Morgan fingerprint density at radius 1 is 1.77 bits per heavy atom. The van der Waals surface area contributed by atoms with E-state index in [0.29, 0.717) is 13.1 Å². The van der Waals surface area contributed by atoms with E-state index in [1.54, 1.807) is 29.0 Å². The van der Waals surface area contributed by atoms with Gasteiger partial charge in [0.2, 0.25) is 0 Å². The third-order valence-corrected chi connectivity index (χ3v) is 1.92. The van der Waals surface area contributed by atoms with Crippen molar-refractivity contribution in [3.63, 3.8) is 0 Å². The van der Waals surface area contributed by atoms with Crippen LogP contribution in [0.1, 0.15) is 0 Å². The third kappa shape index (κ3) is 1.61. The van der Waals surface area contributed by atoms with Crippen LogP contribution in [0.15, 0.2) is 12.4 Å². The van der Waals surface area contributed by atoms with Gasteiger partial charge in [-0.3, -0.25) is 0 Å². The number of rotatable bonds is 2. The van der Waals surface area contributed by atoms with Crippen LogP contribution >= 0.6 is 0 Å². The summed E-state index contributed by atoms with van der Waals surface area (Å²) < 4.78 is 6.70. The maximum Gasteiger partial charge on any atom is 0.410 e. The van der Waals surface area contributed by atoms with Crippen LogP contribution in [-0.2, 0) is 11.3 Å². The minimum Gasteiger partial charge on any atom is -0.442 e. The standard InChI is InChI=1S/C7H10N4O2/c1-10-4-6(13-7(10)12)5-11-3-2-8-9-11/h2-3,6H,4-5H2,1H3. The average Bonchev–Trinajstić information content (AvgIpc) is 2.64. The second-order valence-corrected chi connectivity index (χ2v) is 3.01. The number of cyclic esters (lactones) is 1. The van der Waals surface area contributed by atoms with E-state index in [9.17, 15) is 4.79 Å². The first kappa shape index (κ1) is 8.03. The molecule has 0 N–H and O–H groups in total. The molecule has 6 heteroatoms. The Kier molecular flexibility index (Phi) is 1.88. The minimum absolute atomic E-state index is 0.112. The molecule has 1 aromatic rings. The predicted molar refractivity (Wildman–Crippen MR) is 42.9 cm³/mol. The first-order valence-corrected chi connectivity index (χ1v) is 4.01. The molecule has 0 aliphatic carbocycles. The van der Waals surface area contributed by atoms with Gasteiger partial charge in [-0.1, -0.05) is 5.21 Å². The lowest BCUT2D eigenvalue weighted by molar-refractivity contribution is 0.124. The van der Waals surface area contributed by atoms with Gasteiger partial charge in [-0.05, 0) is 0 Å². The zero-order valence-corrected chi connectivity index (χ0v) is 7.25. The molecule has 2 heterocycles. The Morgan fingerprint density at radius 2 is 2.62 bits per heavy atom. The van der Waals surface area contributed by atoms with E-state index in [1.165, 1.54) is 0 Å². The summed E-state index contributed by atoms with van der Waals surface area (Å²) in [6.07, 6.45) is 2.96. The predicted octanol–water partition coefficient (Wildman–Crippen LogP) is -0.271. The van der Waals surface area contributed by atoms with Crippen molar-refractivity contribution in [1.29, 1.82) is 0 Å². The van der Waals surface area contributed by atoms with Gasteiger partial charge in [0.25, 0.3) is 0 Å². The van der Waals surface area contributed by atoms with Crippen molar-refractivity contribution in [2.45, 2.75) is 12.6 Å². The zero-order valence-electron chi connectivity index (χ0n) is 7.25. The van der Waals surface area contributed by atoms with Gasteiger partial charge in [0.15, 0.2) is 0 Å². The lowest BCUT2D eigenvalue weighted by Gasteiger charge is -2.06. The summed E-state index contributed by atoms with van der Waals surface area (Å²) in [5.74, 6) is 0. The van der Waals surface area contributed by atoms with Gasteiger partial charge in [-0.25, -0.2) is 9.48 Å². The maximum atomic E-state index is 11.0. The molecule has 1 saturated heterocycles.